The van der Waals surface area contributed by atoms with E-state index in [0.29, 0.717) is 24.8 Å². The molecular weight excluding hydrogens is 360 g/mol. The third-order valence-corrected chi connectivity index (χ3v) is 5.64. The highest BCUT2D eigenvalue weighted by atomic mass is 16.3. The van der Waals surface area contributed by atoms with Crippen LogP contribution in [0.3, 0.4) is 0 Å². The van der Waals surface area contributed by atoms with E-state index in [2.05, 4.69) is 20.8 Å². The number of aliphatic hydroxyl groups excluding tert-OH is 1. The number of nitrogens with zero attached hydrogens (tertiary/aromatic N) is 5. The van der Waals surface area contributed by atoms with Crippen LogP contribution in [-0.2, 0) is 4.79 Å². The van der Waals surface area contributed by atoms with Crippen molar-refractivity contribution >= 4 is 11.8 Å². The summed E-state index contributed by atoms with van der Waals surface area (Å²) in [5, 5.41) is 24.2. The van der Waals surface area contributed by atoms with E-state index in [0.717, 1.165) is 31.6 Å². The molecule has 2 N–H and O–H groups in total. The molecule has 2 amide bonds. The second-order valence-electron chi connectivity index (χ2n) is 7.49. The molecule has 0 bridgehead atoms. The summed E-state index contributed by atoms with van der Waals surface area (Å²) in [4.78, 5) is 27.2. The number of carbonyl (C=O) groups excluding carboxylic acids is 2. The van der Waals surface area contributed by atoms with Gasteiger partial charge in [0.25, 0.3) is 5.91 Å². The molecule has 1 saturated carbocycles. The van der Waals surface area contributed by atoms with Gasteiger partial charge in [-0.2, -0.15) is 0 Å². The molecule has 1 aliphatic carbocycles. The Morgan fingerprint density at radius 2 is 1.86 bits per heavy atom. The van der Waals surface area contributed by atoms with Crippen LogP contribution in [0.2, 0.25) is 0 Å². The number of aliphatic hydroxyl groups is 1. The molecule has 1 saturated heterocycles. The SMILES string of the molecule is O=C(N[C@@H]1C[C@@H](C(=O)N2CCCC2)CC[C@H]1O)c1ccc(-n2cnnn2)cc1. The third-order valence-electron chi connectivity index (χ3n) is 5.64. The van der Waals surface area contributed by atoms with Crippen LogP contribution < -0.4 is 5.32 Å². The van der Waals surface area contributed by atoms with E-state index in [4.69, 9.17) is 0 Å². The number of carbonyl (C=O) groups is 2. The Balaban J connectivity index is 1.39. The second kappa shape index (κ2) is 8.05. The van der Waals surface area contributed by atoms with Gasteiger partial charge in [0, 0.05) is 24.6 Å². The second-order valence-corrected chi connectivity index (χ2v) is 7.49. The van der Waals surface area contributed by atoms with Crippen molar-refractivity contribution in [2.75, 3.05) is 13.1 Å². The normalized spacial score (nSPS) is 24.9. The Hall–Kier alpha value is -2.81. The average molecular weight is 384 g/mol. The summed E-state index contributed by atoms with van der Waals surface area (Å²) in [5.74, 6) is -0.231. The van der Waals surface area contributed by atoms with Gasteiger partial charge in [-0.25, -0.2) is 4.68 Å². The van der Waals surface area contributed by atoms with E-state index in [1.807, 2.05) is 4.90 Å². The highest BCUT2D eigenvalue weighted by Gasteiger charge is 2.36. The largest absolute Gasteiger partial charge is 0.391 e. The molecule has 148 valence electrons. The minimum Gasteiger partial charge on any atom is -0.391 e. The van der Waals surface area contributed by atoms with Crippen molar-refractivity contribution in [1.29, 1.82) is 0 Å². The van der Waals surface area contributed by atoms with Gasteiger partial charge in [-0.15, -0.1) is 5.10 Å². The maximum absolute atomic E-state index is 12.7. The van der Waals surface area contributed by atoms with Crippen molar-refractivity contribution in [2.45, 2.75) is 44.2 Å². The maximum atomic E-state index is 12.7. The number of rotatable bonds is 4. The predicted octanol–water partition coefficient (Wildman–Crippen LogP) is 0.544. The summed E-state index contributed by atoms with van der Waals surface area (Å²) >= 11 is 0. The minimum absolute atomic E-state index is 0.131. The number of hydrogen-bond acceptors (Lipinski definition) is 6. The minimum atomic E-state index is -0.632. The van der Waals surface area contributed by atoms with E-state index in [1.54, 1.807) is 24.3 Å². The first-order chi connectivity index (χ1) is 13.6. The number of amides is 2. The molecule has 3 atom stereocenters. The van der Waals surface area contributed by atoms with Gasteiger partial charge in [-0.3, -0.25) is 9.59 Å². The van der Waals surface area contributed by atoms with Gasteiger partial charge in [-0.1, -0.05) is 0 Å². The maximum Gasteiger partial charge on any atom is 0.251 e. The van der Waals surface area contributed by atoms with Gasteiger partial charge in [0.15, 0.2) is 0 Å². The van der Waals surface area contributed by atoms with Crippen LogP contribution in [0.15, 0.2) is 30.6 Å². The summed E-state index contributed by atoms with van der Waals surface area (Å²) in [6.45, 7) is 1.64. The molecule has 0 spiro atoms. The van der Waals surface area contributed by atoms with Crippen LogP contribution in [0.25, 0.3) is 5.69 Å². The number of tetrazole rings is 1. The Morgan fingerprint density at radius 3 is 2.54 bits per heavy atom. The van der Waals surface area contributed by atoms with E-state index in [9.17, 15) is 14.7 Å². The standard InChI is InChI=1S/C19H24N6O3/c26-17-8-5-14(19(28)24-9-1-2-10-24)11-16(17)21-18(27)13-3-6-15(7-4-13)25-12-20-22-23-25/h3-4,6-7,12,14,16-17,26H,1-2,5,8-11H2,(H,21,27)/t14-,16+,17+/m0/s1. The van der Waals surface area contributed by atoms with E-state index in [-0.39, 0.29) is 17.7 Å². The predicted molar refractivity (Wildman–Crippen MR) is 99.6 cm³/mol. The van der Waals surface area contributed by atoms with E-state index in [1.165, 1.54) is 11.0 Å². The summed E-state index contributed by atoms with van der Waals surface area (Å²) in [5.41, 5.74) is 1.23. The zero-order chi connectivity index (χ0) is 19.5. The zero-order valence-electron chi connectivity index (χ0n) is 15.6. The number of benzene rings is 1. The highest BCUT2D eigenvalue weighted by Crippen LogP contribution is 2.28. The first-order valence-corrected chi connectivity index (χ1v) is 9.73. The lowest BCUT2D eigenvalue weighted by atomic mass is 9.82. The Labute approximate surface area is 162 Å². The topological polar surface area (TPSA) is 113 Å². The van der Waals surface area contributed by atoms with Crippen LogP contribution in [0.4, 0.5) is 0 Å². The number of aromatic nitrogens is 4. The Morgan fingerprint density at radius 1 is 1.11 bits per heavy atom. The van der Waals surface area contributed by atoms with E-state index >= 15 is 0 Å². The lowest BCUT2D eigenvalue weighted by molar-refractivity contribution is -0.136. The quantitative estimate of drug-likeness (QED) is 0.796. The van der Waals surface area contributed by atoms with Crippen LogP contribution in [-0.4, -0.2) is 67.3 Å². The zero-order valence-corrected chi connectivity index (χ0v) is 15.6. The summed E-state index contributed by atoms with van der Waals surface area (Å²) in [7, 11) is 0. The first-order valence-electron chi connectivity index (χ1n) is 9.73. The average Bonchev–Trinajstić information content (AvgIpc) is 3.43. The van der Waals surface area contributed by atoms with Crippen LogP contribution in [0.1, 0.15) is 42.5 Å². The fraction of sp³-hybridized carbons (Fsp3) is 0.526. The lowest BCUT2D eigenvalue weighted by Crippen LogP contribution is -2.49. The fourth-order valence-corrected chi connectivity index (χ4v) is 4.03. The molecule has 2 heterocycles. The van der Waals surface area contributed by atoms with Gasteiger partial charge >= 0.3 is 0 Å². The van der Waals surface area contributed by atoms with Crippen LogP contribution in [0, 0.1) is 5.92 Å². The number of likely N-dealkylation sites (tertiary alicyclic amines) is 1. The van der Waals surface area contributed by atoms with E-state index < -0.39 is 12.1 Å². The molecule has 1 aromatic carbocycles. The molecule has 9 heteroatoms. The molecule has 2 aliphatic rings. The Bertz CT molecular complexity index is 817. The van der Waals surface area contributed by atoms with Crippen molar-refractivity contribution < 1.29 is 14.7 Å². The van der Waals surface area contributed by atoms with Crippen molar-refractivity contribution in [2.24, 2.45) is 5.92 Å². The van der Waals surface area contributed by atoms with Gasteiger partial charge in [0.05, 0.1) is 17.8 Å². The molecule has 0 radical (unpaired) electrons. The fourth-order valence-electron chi connectivity index (χ4n) is 4.03. The summed E-state index contributed by atoms with van der Waals surface area (Å²) in [6, 6.07) is 6.46. The number of nitrogens with one attached hydrogen (secondary N) is 1. The molecule has 28 heavy (non-hydrogen) atoms. The van der Waals surface area contributed by atoms with Crippen LogP contribution in [0.5, 0.6) is 0 Å². The van der Waals surface area contributed by atoms with Gasteiger partial charge in [0.1, 0.15) is 6.33 Å². The monoisotopic (exact) mass is 384 g/mol. The van der Waals surface area contributed by atoms with Crippen molar-refractivity contribution in [1.82, 2.24) is 30.4 Å². The molecule has 0 unspecified atom stereocenters. The molecule has 2 aromatic rings. The van der Waals surface area contributed by atoms with Gasteiger partial charge in [-0.05, 0) is 66.8 Å². The molecule has 1 aromatic heterocycles. The summed E-state index contributed by atoms with van der Waals surface area (Å²) < 4.78 is 1.50. The van der Waals surface area contributed by atoms with Crippen LogP contribution >= 0.6 is 0 Å². The Kier molecular flexibility index (Phi) is 5.34. The smallest absolute Gasteiger partial charge is 0.251 e. The summed E-state index contributed by atoms with van der Waals surface area (Å²) in [6.07, 6.45) is 4.63. The first kappa shape index (κ1) is 18.5. The molecular formula is C19H24N6O3. The van der Waals surface area contributed by atoms with Crippen molar-refractivity contribution in [3.8, 4) is 5.69 Å². The van der Waals surface area contributed by atoms with Crippen molar-refractivity contribution in [3.05, 3.63) is 36.2 Å². The molecule has 9 nitrogen and oxygen atoms in total. The molecule has 1 aliphatic heterocycles. The van der Waals surface area contributed by atoms with Gasteiger partial charge < -0.3 is 15.3 Å². The third kappa shape index (κ3) is 3.89. The number of hydrogen-bond donors (Lipinski definition) is 2. The molecule has 4 rings (SSSR count). The highest BCUT2D eigenvalue weighted by molar-refractivity contribution is 5.94. The van der Waals surface area contributed by atoms with Crippen molar-refractivity contribution in [3.63, 3.8) is 0 Å². The lowest BCUT2D eigenvalue weighted by Gasteiger charge is -2.34. The van der Waals surface area contributed by atoms with Gasteiger partial charge in [0.2, 0.25) is 5.91 Å². The molecule has 2 fully saturated rings.